The van der Waals surface area contributed by atoms with Gasteiger partial charge >= 0.3 is 5.51 Å². The summed E-state index contributed by atoms with van der Waals surface area (Å²) in [5.41, 5.74) is -1.82. The zero-order valence-electron chi connectivity index (χ0n) is 20.9. The molecule has 1 saturated heterocycles. The van der Waals surface area contributed by atoms with Gasteiger partial charge in [0.25, 0.3) is 5.91 Å². The molecule has 1 aromatic carbocycles. The third-order valence-corrected chi connectivity index (χ3v) is 7.10. The number of carbonyl (C=O) groups is 1. The van der Waals surface area contributed by atoms with Crippen LogP contribution in [0.15, 0.2) is 41.7 Å². The number of fused-ring (bicyclic) bond motifs is 1. The van der Waals surface area contributed by atoms with Crippen molar-refractivity contribution in [1.82, 2.24) is 20.0 Å². The minimum Gasteiger partial charge on any atom is -0.374 e. The second-order valence-corrected chi connectivity index (χ2v) is 9.91. The topological polar surface area (TPSA) is 82.5 Å². The summed E-state index contributed by atoms with van der Waals surface area (Å²) in [4.78, 5) is 16.2. The van der Waals surface area contributed by atoms with Crippen LogP contribution in [-0.4, -0.2) is 60.2 Å². The summed E-state index contributed by atoms with van der Waals surface area (Å²) in [6, 6.07) is 6.76. The van der Waals surface area contributed by atoms with Gasteiger partial charge in [-0.05, 0) is 43.7 Å². The number of nitrogens with zero attached hydrogens (tertiary/aromatic N) is 2. The van der Waals surface area contributed by atoms with Crippen molar-refractivity contribution in [2.45, 2.75) is 30.1 Å². The lowest BCUT2D eigenvalue weighted by Gasteiger charge is -2.27. The van der Waals surface area contributed by atoms with Gasteiger partial charge in [-0.2, -0.15) is 13.2 Å². The Balaban J connectivity index is 1.57. The third kappa shape index (κ3) is 6.71. The number of aromatic nitrogens is 2. The Morgan fingerprint density at radius 1 is 1.29 bits per heavy atom. The van der Waals surface area contributed by atoms with Crippen molar-refractivity contribution >= 4 is 34.7 Å². The predicted molar refractivity (Wildman–Crippen MR) is 141 cm³/mol. The average molecular weight is 549 g/mol. The van der Waals surface area contributed by atoms with E-state index in [0.29, 0.717) is 42.1 Å². The Morgan fingerprint density at radius 3 is 2.84 bits per heavy atom. The molecule has 202 valence electrons. The molecule has 1 amide bonds. The molecule has 7 nitrogen and oxygen atoms in total. The molecule has 0 aliphatic carbocycles. The molecule has 1 fully saturated rings. The van der Waals surface area contributed by atoms with Crippen LogP contribution >= 0.6 is 11.8 Å². The molecule has 0 spiro atoms. The lowest BCUT2D eigenvalue weighted by atomic mass is 9.96. The van der Waals surface area contributed by atoms with Gasteiger partial charge in [0, 0.05) is 61.5 Å². The van der Waals surface area contributed by atoms with Gasteiger partial charge in [-0.25, -0.2) is 9.37 Å². The first kappa shape index (κ1) is 27.6. The summed E-state index contributed by atoms with van der Waals surface area (Å²) in [7, 11) is 1.54. The molecule has 0 radical (unpaired) electrons. The Morgan fingerprint density at radius 2 is 2.11 bits per heavy atom. The van der Waals surface area contributed by atoms with Crippen LogP contribution in [0.1, 0.15) is 27.9 Å². The van der Waals surface area contributed by atoms with Gasteiger partial charge in [0.05, 0.1) is 17.6 Å². The molecule has 1 aliphatic rings. The zero-order valence-corrected chi connectivity index (χ0v) is 21.7. The van der Waals surface area contributed by atoms with Crippen LogP contribution in [0.2, 0.25) is 0 Å². The number of anilines is 2. The fourth-order valence-electron chi connectivity index (χ4n) is 4.23. The van der Waals surface area contributed by atoms with E-state index in [1.165, 1.54) is 16.8 Å². The summed E-state index contributed by atoms with van der Waals surface area (Å²) >= 11 is -0.245. The smallest absolute Gasteiger partial charge is 0.374 e. The summed E-state index contributed by atoms with van der Waals surface area (Å²) in [5, 5.41) is 11.7. The number of hydrogen-bond donors (Lipinski definition) is 4. The molecule has 0 saturated carbocycles. The molecule has 12 heteroatoms. The number of aryl methyl sites for hydroxylation is 1. The fourth-order valence-corrected chi connectivity index (χ4v) is 4.92. The molecule has 3 heterocycles. The summed E-state index contributed by atoms with van der Waals surface area (Å²) in [5.74, 6) is 5.66. The van der Waals surface area contributed by atoms with Gasteiger partial charge in [-0.1, -0.05) is 17.9 Å². The number of hydrogen-bond acceptors (Lipinski definition) is 6. The first-order valence-corrected chi connectivity index (χ1v) is 12.9. The van der Waals surface area contributed by atoms with Gasteiger partial charge in [0.2, 0.25) is 0 Å². The molecule has 4 N–H and O–H groups in total. The molecule has 4 rings (SSSR count). The minimum absolute atomic E-state index is 0.0755. The van der Waals surface area contributed by atoms with E-state index in [0.717, 1.165) is 5.56 Å². The van der Waals surface area contributed by atoms with E-state index in [9.17, 15) is 22.4 Å². The largest absolute Gasteiger partial charge is 0.447 e. The van der Waals surface area contributed by atoms with Crippen LogP contribution in [0.5, 0.6) is 0 Å². The second kappa shape index (κ2) is 12.0. The number of alkyl halides is 4. The van der Waals surface area contributed by atoms with Crippen LogP contribution in [-0.2, 0) is 0 Å². The summed E-state index contributed by atoms with van der Waals surface area (Å²) in [6.07, 6.45) is 2.51. The maximum atomic E-state index is 14.2. The van der Waals surface area contributed by atoms with Crippen molar-refractivity contribution < 1.29 is 22.4 Å². The van der Waals surface area contributed by atoms with Gasteiger partial charge < -0.3 is 25.7 Å². The van der Waals surface area contributed by atoms with Crippen LogP contribution < -0.4 is 21.3 Å². The van der Waals surface area contributed by atoms with Crippen LogP contribution in [0.3, 0.4) is 0 Å². The van der Waals surface area contributed by atoms with E-state index in [-0.39, 0.29) is 47.3 Å². The lowest BCUT2D eigenvalue weighted by molar-refractivity contribution is -0.0329. The highest BCUT2D eigenvalue weighted by Crippen LogP contribution is 2.40. The molecule has 2 aromatic heterocycles. The first-order valence-electron chi connectivity index (χ1n) is 12.1. The van der Waals surface area contributed by atoms with Crippen molar-refractivity contribution in [3.8, 4) is 11.8 Å². The van der Waals surface area contributed by atoms with Crippen molar-refractivity contribution in [2.75, 3.05) is 43.9 Å². The maximum Gasteiger partial charge on any atom is 0.447 e. The number of benzene rings is 1. The number of carbonyl (C=O) groups excluding carboxylic acids is 1. The molecule has 0 bridgehead atoms. The molecular weight excluding hydrogens is 520 g/mol. The SMILES string of the molecule is CNC(=O)c1ccc(C)c(NCC#Cc2cc3c(NCC4CCNC[C@@H]4F)nccn3c2SC(F)(F)F)c1. The minimum atomic E-state index is -4.52. The van der Waals surface area contributed by atoms with Gasteiger partial charge in [0.15, 0.2) is 0 Å². The van der Waals surface area contributed by atoms with Crippen LogP contribution in [0, 0.1) is 24.7 Å². The summed E-state index contributed by atoms with van der Waals surface area (Å²) in [6.45, 7) is 3.34. The van der Waals surface area contributed by atoms with E-state index in [1.807, 2.05) is 6.92 Å². The predicted octanol–water partition coefficient (Wildman–Crippen LogP) is 4.44. The summed E-state index contributed by atoms with van der Waals surface area (Å²) < 4.78 is 55.9. The highest BCUT2D eigenvalue weighted by atomic mass is 32.2. The molecular formula is C26H28F4N6OS. The van der Waals surface area contributed by atoms with E-state index in [1.54, 1.807) is 31.3 Å². The molecule has 1 unspecified atom stereocenters. The Labute approximate surface area is 222 Å². The van der Waals surface area contributed by atoms with Gasteiger partial charge in [-0.15, -0.1) is 0 Å². The molecule has 38 heavy (non-hydrogen) atoms. The standard InChI is InChI=1S/C26H28F4N6OS/c1-16-5-6-17(24(37)31-2)12-21(16)33-8-3-4-18-13-22-23(35-14-19-7-9-32-15-20(19)27)34-10-11-36(22)25(18)38-26(28,29)30/h5-6,10-13,19-20,32-33H,7-9,14-15H2,1-2H3,(H,31,37)(H,34,35)/t19?,20-/m0/s1. The van der Waals surface area contributed by atoms with Crippen LogP contribution in [0.25, 0.3) is 5.52 Å². The number of nitrogens with one attached hydrogen (secondary N) is 4. The molecule has 2 atom stereocenters. The zero-order chi connectivity index (χ0) is 27.3. The van der Waals surface area contributed by atoms with Gasteiger partial charge in [-0.3, -0.25) is 4.79 Å². The second-order valence-electron chi connectivity index (χ2n) is 8.86. The van der Waals surface area contributed by atoms with Gasteiger partial charge in [0.1, 0.15) is 17.0 Å². The lowest BCUT2D eigenvalue weighted by Crippen LogP contribution is -2.40. The highest BCUT2D eigenvalue weighted by molar-refractivity contribution is 8.00. The van der Waals surface area contributed by atoms with E-state index < -0.39 is 11.7 Å². The number of piperidine rings is 1. The maximum absolute atomic E-state index is 14.2. The normalized spacial score (nSPS) is 17.5. The Bertz CT molecular complexity index is 1360. The van der Waals surface area contributed by atoms with E-state index in [2.05, 4.69) is 38.1 Å². The molecule has 3 aromatic rings. The van der Waals surface area contributed by atoms with E-state index in [4.69, 9.17) is 0 Å². The number of amides is 1. The highest BCUT2D eigenvalue weighted by Gasteiger charge is 2.32. The van der Waals surface area contributed by atoms with Crippen molar-refractivity contribution in [2.24, 2.45) is 5.92 Å². The third-order valence-electron chi connectivity index (χ3n) is 6.26. The first-order chi connectivity index (χ1) is 18.2. The van der Waals surface area contributed by atoms with Crippen molar-refractivity contribution in [3.63, 3.8) is 0 Å². The van der Waals surface area contributed by atoms with Crippen molar-refractivity contribution in [1.29, 1.82) is 0 Å². The average Bonchev–Trinajstić information content (AvgIpc) is 3.23. The fraction of sp³-hybridized carbons (Fsp3) is 0.385. The number of thioether (sulfide) groups is 1. The number of halogens is 4. The quantitative estimate of drug-likeness (QED) is 0.199. The monoisotopic (exact) mass is 548 g/mol. The Hall–Kier alpha value is -3.43. The van der Waals surface area contributed by atoms with E-state index >= 15 is 0 Å². The Kier molecular flexibility index (Phi) is 8.69. The van der Waals surface area contributed by atoms with Crippen LogP contribution in [0.4, 0.5) is 29.1 Å². The molecule has 1 aliphatic heterocycles. The number of rotatable bonds is 7. The van der Waals surface area contributed by atoms with Crippen molar-refractivity contribution in [3.05, 3.63) is 53.3 Å².